The van der Waals surface area contributed by atoms with Crippen molar-refractivity contribution in [3.8, 4) is 5.75 Å². The van der Waals surface area contributed by atoms with Crippen LogP contribution < -0.4 is 20.7 Å². The van der Waals surface area contributed by atoms with Gasteiger partial charge in [0.25, 0.3) is 11.8 Å². The lowest BCUT2D eigenvalue weighted by Gasteiger charge is -2.14. The molecule has 0 saturated carbocycles. The predicted molar refractivity (Wildman–Crippen MR) is 142 cm³/mol. The Morgan fingerprint density at radius 3 is 2.47 bits per heavy atom. The highest BCUT2D eigenvalue weighted by Crippen LogP contribution is 2.26. The second-order valence-electron chi connectivity index (χ2n) is 7.18. The van der Waals surface area contributed by atoms with Gasteiger partial charge in [0, 0.05) is 18.5 Å². The molecule has 0 radical (unpaired) electrons. The first kappa shape index (κ1) is 25.1. The minimum absolute atomic E-state index is 0.0771. The highest BCUT2D eigenvalue weighted by Gasteiger charge is 2.14. The van der Waals surface area contributed by atoms with Crippen molar-refractivity contribution in [2.45, 2.75) is 6.42 Å². The van der Waals surface area contributed by atoms with E-state index >= 15 is 0 Å². The van der Waals surface area contributed by atoms with Crippen LogP contribution in [0, 0.1) is 0 Å². The molecule has 0 spiro atoms. The van der Waals surface area contributed by atoms with Gasteiger partial charge in [-0.1, -0.05) is 48.5 Å². The smallest absolute Gasteiger partial charge is 0.257 e. The molecule has 0 bridgehead atoms. The van der Waals surface area contributed by atoms with Gasteiger partial charge in [0.1, 0.15) is 5.75 Å². The third kappa shape index (κ3) is 7.26. The van der Waals surface area contributed by atoms with Crippen molar-refractivity contribution in [1.82, 2.24) is 10.6 Å². The molecule has 0 fully saturated rings. The van der Waals surface area contributed by atoms with Gasteiger partial charge in [-0.2, -0.15) is 0 Å². The van der Waals surface area contributed by atoms with Crippen molar-refractivity contribution in [3.05, 3.63) is 107 Å². The number of hydrogen-bond donors (Lipinski definition) is 3. The molecular weight excluding hydrogens is 514 g/mol. The van der Waals surface area contributed by atoms with E-state index < -0.39 is 0 Å². The number of nitrogens with one attached hydrogen (secondary N) is 3. The maximum absolute atomic E-state index is 12.7. The second kappa shape index (κ2) is 12.7. The molecule has 0 aliphatic rings. The van der Waals surface area contributed by atoms with Crippen LogP contribution >= 0.6 is 28.1 Å². The number of rotatable bonds is 9. The molecule has 174 valence electrons. The van der Waals surface area contributed by atoms with Crippen LogP contribution in [-0.4, -0.2) is 30.1 Å². The Kier molecular flexibility index (Phi) is 9.37. The number of para-hydroxylation sites is 1. The summed E-state index contributed by atoms with van der Waals surface area (Å²) in [5.74, 6) is -0.0146. The summed E-state index contributed by atoms with van der Waals surface area (Å²) in [6.07, 6.45) is 2.37. The van der Waals surface area contributed by atoms with Crippen molar-refractivity contribution < 1.29 is 14.3 Å². The standard InChI is InChI=1S/C26H24BrN3O3S/c1-2-15-28-25(32)20-10-6-7-11-22(20)29-26(34)30-24(31)19-12-13-23(21(27)17-19)33-16-14-18-8-4-3-5-9-18/h2-13,17H,1,14-16H2,(H,28,32)(H2,29,30,31,34). The van der Waals surface area contributed by atoms with Crippen LogP contribution in [-0.2, 0) is 6.42 Å². The molecular formula is C26H24BrN3O3S. The van der Waals surface area contributed by atoms with Gasteiger partial charge in [-0.25, -0.2) is 0 Å². The number of ether oxygens (including phenoxy) is 1. The first-order valence-corrected chi connectivity index (χ1v) is 11.7. The number of anilines is 1. The first-order valence-electron chi connectivity index (χ1n) is 10.5. The summed E-state index contributed by atoms with van der Waals surface area (Å²) in [5.41, 5.74) is 2.48. The lowest BCUT2D eigenvalue weighted by molar-refractivity contribution is 0.0956. The minimum Gasteiger partial charge on any atom is -0.492 e. The molecule has 0 aliphatic carbocycles. The van der Waals surface area contributed by atoms with Crippen molar-refractivity contribution in [2.75, 3.05) is 18.5 Å². The number of hydrogen-bond acceptors (Lipinski definition) is 4. The van der Waals surface area contributed by atoms with Gasteiger partial charge in [-0.05, 0) is 64.0 Å². The van der Waals surface area contributed by atoms with Crippen LogP contribution in [0.4, 0.5) is 5.69 Å². The molecule has 0 saturated heterocycles. The van der Waals surface area contributed by atoms with E-state index in [-0.39, 0.29) is 16.9 Å². The third-order valence-corrected chi connectivity index (χ3v) is 5.56. The molecule has 3 N–H and O–H groups in total. The van der Waals surface area contributed by atoms with E-state index in [2.05, 4.69) is 50.6 Å². The van der Waals surface area contributed by atoms with Gasteiger partial charge < -0.3 is 15.4 Å². The van der Waals surface area contributed by atoms with E-state index in [0.717, 1.165) is 6.42 Å². The van der Waals surface area contributed by atoms with Gasteiger partial charge in [0.15, 0.2) is 5.11 Å². The monoisotopic (exact) mass is 537 g/mol. The second-order valence-corrected chi connectivity index (χ2v) is 8.44. The molecule has 0 aromatic heterocycles. The Bertz CT molecular complexity index is 1180. The van der Waals surface area contributed by atoms with E-state index in [4.69, 9.17) is 17.0 Å². The van der Waals surface area contributed by atoms with E-state index in [1.54, 1.807) is 48.5 Å². The summed E-state index contributed by atoms with van der Waals surface area (Å²) < 4.78 is 6.50. The Balaban J connectivity index is 1.57. The van der Waals surface area contributed by atoms with Gasteiger partial charge >= 0.3 is 0 Å². The van der Waals surface area contributed by atoms with Crippen LogP contribution in [0.15, 0.2) is 89.9 Å². The first-order chi connectivity index (χ1) is 16.5. The zero-order valence-corrected chi connectivity index (χ0v) is 20.7. The zero-order chi connectivity index (χ0) is 24.3. The van der Waals surface area contributed by atoms with Crippen LogP contribution in [0.3, 0.4) is 0 Å². The zero-order valence-electron chi connectivity index (χ0n) is 18.3. The Hall–Kier alpha value is -3.49. The van der Waals surface area contributed by atoms with Gasteiger partial charge in [-0.15, -0.1) is 6.58 Å². The average Bonchev–Trinajstić information content (AvgIpc) is 2.84. The lowest BCUT2D eigenvalue weighted by atomic mass is 10.1. The molecule has 0 atom stereocenters. The van der Waals surface area contributed by atoms with Crippen molar-refractivity contribution in [1.29, 1.82) is 0 Å². The quantitative estimate of drug-likeness (QED) is 0.261. The van der Waals surface area contributed by atoms with Crippen molar-refractivity contribution >= 4 is 50.8 Å². The molecule has 0 aliphatic heterocycles. The molecule has 0 heterocycles. The fourth-order valence-corrected chi connectivity index (χ4v) is 3.76. The summed E-state index contributed by atoms with van der Waals surface area (Å²) in [5, 5.41) is 8.35. The van der Waals surface area contributed by atoms with E-state index in [1.807, 2.05) is 18.2 Å². The van der Waals surface area contributed by atoms with Crippen LogP contribution in [0.1, 0.15) is 26.3 Å². The topological polar surface area (TPSA) is 79.5 Å². The van der Waals surface area contributed by atoms with Gasteiger partial charge in [-0.3, -0.25) is 14.9 Å². The third-order valence-electron chi connectivity index (χ3n) is 4.74. The van der Waals surface area contributed by atoms with Crippen molar-refractivity contribution in [2.24, 2.45) is 0 Å². The van der Waals surface area contributed by atoms with Gasteiger partial charge in [0.2, 0.25) is 0 Å². The molecule has 3 aromatic rings. The number of halogens is 1. The van der Waals surface area contributed by atoms with E-state index in [1.165, 1.54) is 5.56 Å². The molecule has 3 rings (SSSR count). The normalized spacial score (nSPS) is 10.1. The predicted octanol–water partition coefficient (Wildman–Crippen LogP) is 5.11. The Morgan fingerprint density at radius 2 is 1.74 bits per heavy atom. The highest BCUT2D eigenvalue weighted by atomic mass is 79.9. The molecule has 6 nitrogen and oxygen atoms in total. The number of carbonyl (C=O) groups is 2. The maximum Gasteiger partial charge on any atom is 0.257 e. The molecule has 8 heteroatoms. The summed E-state index contributed by atoms with van der Waals surface area (Å²) in [6.45, 7) is 4.45. The fraction of sp³-hybridized carbons (Fsp3) is 0.115. The van der Waals surface area contributed by atoms with Crippen LogP contribution in [0.2, 0.25) is 0 Å². The summed E-state index contributed by atoms with van der Waals surface area (Å²) in [4.78, 5) is 25.0. The molecule has 3 aromatic carbocycles. The van der Waals surface area contributed by atoms with E-state index in [9.17, 15) is 9.59 Å². The van der Waals surface area contributed by atoms with Crippen LogP contribution in [0.25, 0.3) is 0 Å². The lowest BCUT2D eigenvalue weighted by Crippen LogP contribution is -2.35. The largest absolute Gasteiger partial charge is 0.492 e. The van der Waals surface area contributed by atoms with Gasteiger partial charge in [0.05, 0.1) is 22.3 Å². The minimum atomic E-state index is -0.386. The highest BCUT2D eigenvalue weighted by molar-refractivity contribution is 9.10. The fourth-order valence-electron chi connectivity index (χ4n) is 3.06. The summed E-state index contributed by atoms with van der Waals surface area (Å²) in [7, 11) is 0. The Morgan fingerprint density at radius 1 is 1.00 bits per heavy atom. The van der Waals surface area contributed by atoms with Crippen molar-refractivity contribution in [3.63, 3.8) is 0 Å². The molecule has 34 heavy (non-hydrogen) atoms. The number of carbonyl (C=O) groups excluding carboxylic acids is 2. The SMILES string of the molecule is C=CCNC(=O)c1ccccc1NC(=S)NC(=O)c1ccc(OCCc2ccccc2)c(Br)c1. The van der Waals surface area contributed by atoms with Crippen LogP contribution in [0.5, 0.6) is 5.75 Å². The molecule has 2 amide bonds. The average molecular weight is 538 g/mol. The maximum atomic E-state index is 12.7. The number of amides is 2. The summed E-state index contributed by atoms with van der Waals surface area (Å²) in [6, 6.07) is 22.0. The molecule has 0 unspecified atom stereocenters. The number of benzene rings is 3. The summed E-state index contributed by atoms with van der Waals surface area (Å²) >= 11 is 8.74. The van der Waals surface area contributed by atoms with E-state index in [0.29, 0.717) is 40.2 Å². The Labute approximate surface area is 212 Å². The number of thiocarbonyl (C=S) groups is 1.